The van der Waals surface area contributed by atoms with Gasteiger partial charge in [-0.1, -0.05) is 36.4 Å². The second-order valence-electron chi connectivity index (χ2n) is 7.97. The Bertz CT molecular complexity index is 1210. The zero-order chi connectivity index (χ0) is 22.6. The van der Waals surface area contributed by atoms with Gasteiger partial charge in [-0.05, 0) is 73.2 Å². The average Bonchev–Trinajstić information content (AvgIpc) is 3.46. The Kier molecular flexibility index (Phi) is 6.09. The number of thiocarbonyl (C=S) groups is 1. The van der Waals surface area contributed by atoms with Gasteiger partial charge in [-0.3, -0.25) is 4.98 Å². The number of benzene rings is 2. The first kappa shape index (κ1) is 21.2. The fourth-order valence-corrected chi connectivity index (χ4v) is 4.72. The summed E-state index contributed by atoms with van der Waals surface area (Å²) < 4.78 is 7.85. The van der Waals surface area contributed by atoms with Gasteiger partial charge >= 0.3 is 0 Å². The van der Waals surface area contributed by atoms with Crippen LogP contribution in [0, 0.1) is 0 Å². The monoisotopic (exact) mass is 454 g/mol. The van der Waals surface area contributed by atoms with Crippen LogP contribution in [0.25, 0.3) is 5.69 Å². The molecule has 5 nitrogen and oxygen atoms in total. The molecule has 2 atom stereocenters. The van der Waals surface area contributed by atoms with E-state index in [0.717, 1.165) is 34.5 Å². The summed E-state index contributed by atoms with van der Waals surface area (Å²) in [6.07, 6.45) is 3.94. The van der Waals surface area contributed by atoms with E-state index in [9.17, 15) is 0 Å². The highest BCUT2D eigenvalue weighted by atomic mass is 32.1. The minimum Gasteiger partial charge on any atom is -0.494 e. The average molecular weight is 455 g/mol. The second kappa shape index (κ2) is 9.46. The molecular weight excluding hydrogens is 428 g/mol. The Balaban J connectivity index is 1.56. The van der Waals surface area contributed by atoms with E-state index in [-0.39, 0.29) is 12.1 Å². The molecule has 1 saturated heterocycles. The van der Waals surface area contributed by atoms with Gasteiger partial charge < -0.3 is 19.5 Å². The lowest BCUT2D eigenvalue weighted by Crippen LogP contribution is -2.30. The van der Waals surface area contributed by atoms with E-state index in [1.807, 2.05) is 43.5 Å². The number of nitrogens with one attached hydrogen (secondary N) is 1. The molecule has 1 aliphatic heterocycles. The molecular formula is C27H26N4OS. The third-order valence-electron chi connectivity index (χ3n) is 5.90. The Morgan fingerprint density at radius 3 is 2.45 bits per heavy atom. The molecule has 0 amide bonds. The molecule has 3 heterocycles. The highest BCUT2D eigenvalue weighted by molar-refractivity contribution is 7.80. The van der Waals surface area contributed by atoms with Crippen molar-refractivity contribution in [3.05, 3.63) is 114 Å². The van der Waals surface area contributed by atoms with Crippen LogP contribution >= 0.6 is 12.2 Å². The van der Waals surface area contributed by atoms with Gasteiger partial charge in [0, 0.05) is 30.3 Å². The third kappa shape index (κ3) is 4.34. The van der Waals surface area contributed by atoms with Crippen LogP contribution in [0.3, 0.4) is 0 Å². The van der Waals surface area contributed by atoms with Crippen LogP contribution < -0.4 is 10.1 Å². The highest BCUT2D eigenvalue weighted by Crippen LogP contribution is 2.40. The van der Waals surface area contributed by atoms with Crippen molar-refractivity contribution < 1.29 is 4.74 Å². The Hall–Kier alpha value is -3.64. The SMILES string of the molecule is CCOc1ccc(-n2cccc2[C@@H]2[C@@H](c3ccccn3)NC(=S)N2Cc2ccccc2)cc1. The summed E-state index contributed by atoms with van der Waals surface area (Å²) in [5.74, 6) is 0.871. The fraction of sp³-hybridized carbons (Fsp3) is 0.185. The van der Waals surface area contributed by atoms with Gasteiger partial charge in [-0.15, -0.1) is 0 Å². The molecule has 0 bridgehead atoms. The number of aromatic nitrogens is 2. The molecule has 0 radical (unpaired) electrons. The lowest BCUT2D eigenvalue weighted by molar-refractivity contribution is 0.302. The molecule has 33 heavy (non-hydrogen) atoms. The summed E-state index contributed by atoms with van der Waals surface area (Å²) in [4.78, 5) is 6.92. The predicted octanol–water partition coefficient (Wildman–Crippen LogP) is 5.44. The van der Waals surface area contributed by atoms with Gasteiger partial charge in [0.2, 0.25) is 0 Å². The molecule has 0 unspecified atom stereocenters. The smallest absolute Gasteiger partial charge is 0.170 e. The summed E-state index contributed by atoms with van der Waals surface area (Å²) in [6, 6.07) is 28.9. The maximum atomic E-state index is 5.84. The first-order valence-corrected chi connectivity index (χ1v) is 11.6. The normalized spacial score (nSPS) is 17.7. The minimum atomic E-state index is -0.0567. The third-order valence-corrected chi connectivity index (χ3v) is 6.26. The van der Waals surface area contributed by atoms with Crippen molar-refractivity contribution in [3.63, 3.8) is 0 Å². The molecule has 5 rings (SSSR count). The summed E-state index contributed by atoms with van der Waals surface area (Å²) in [7, 11) is 0. The molecule has 0 spiro atoms. The van der Waals surface area contributed by atoms with Gasteiger partial charge in [0.05, 0.1) is 24.4 Å². The number of hydrogen-bond acceptors (Lipinski definition) is 3. The summed E-state index contributed by atoms with van der Waals surface area (Å²) in [5, 5.41) is 4.28. The van der Waals surface area contributed by atoms with E-state index in [0.29, 0.717) is 6.61 Å². The highest BCUT2D eigenvalue weighted by Gasteiger charge is 2.41. The largest absolute Gasteiger partial charge is 0.494 e. The van der Waals surface area contributed by atoms with E-state index in [4.69, 9.17) is 17.0 Å². The quantitative estimate of drug-likeness (QED) is 0.377. The lowest BCUT2D eigenvalue weighted by atomic mass is 10.0. The Morgan fingerprint density at radius 2 is 1.73 bits per heavy atom. The van der Waals surface area contributed by atoms with Gasteiger partial charge in [0.15, 0.2) is 5.11 Å². The number of pyridine rings is 1. The Labute approximate surface area is 199 Å². The van der Waals surface area contributed by atoms with E-state index in [1.165, 1.54) is 5.56 Å². The number of rotatable bonds is 7. The minimum absolute atomic E-state index is 0.0193. The first-order chi connectivity index (χ1) is 16.2. The van der Waals surface area contributed by atoms with Crippen molar-refractivity contribution >= 4 is 17.3 Å². The number of nitrogens with zero attached hydrogens (tertiary/aromatic N) is 3. The van der Waals surface area contributed by atoms with E-state index in [2.05, 4.69) is 80.6 Å². The molecule has 6 heteroatoms. The van der Waals surface area contributed by atoms with Crippen LogP contribution in [0.4, 0.5) is 0 Å². The van der Waals surface area contributed by atoms with Crippen LogP contribution in [0.15, 0.2) is 97.3 Å². The van der Waals surface area contributed by atoms with Crippen LogP contribution in [0.5, 0.6) is 5.75 Å². The molecule has 1 N–H and O–H groups in total. The van der Waals surface area contributed by atoms with Gasteiger partial charge in [-0.2, -0.15) is 0 Å². The maximum absolute atomic E-state index is 5.84. The molecule has 1 aliphatic rings. The van der Waals surface area contributed by atoms with Crippen molar-refractivity contribution in [1.82, 2.24) is 19.8 Å². The fourth-order valence-electron chi connectivity index (χ4n) is 4.42. The van der Waals surface area contributed by atoms with Crippen molar-refractivity contribution in [2.75, 3.05) is 6.61 Å². The zero-order valence-corrected chi connectivity index (χ0v) is 19.3. The first-order valence-electron chi connectivity index (χ1n) is 11.2. The van der Waals surface area contributed by atoms with Crippen molar-refractivity contribution in [2.45, 2.75) is 25.6 Å². The zero-order valence-electron chi connectivity index (χ0n) is 18.5. The molecule has 0 saturated carbocycles. The van der Waals surface area contributed by atoms with Gasteiger partial charge in [-0.25, -0.2) is 0 Å². The lowest BCUT2D eigenvalue weighted by Gasteiger charge is -2.29. The van der Waals surface area contributed by atoms with Gasteiger partial charge in [0.25, 0.3) is 0 Å². The molecule has 166 valence electrons. The predicted molar refractivity (Wildman–Crippen MR) is 134 cm³/mol. The maximum Gasteiger partial charge on any atom is 0.170 e. The van der Waals surface area contributed by atoms with E-state index in [1.54, 1.807) is 0 Å². The summed E-state index contributed by atoms with van der Waals surface area (Å²) >= 11 is 5.84. The summed E-state index contributed by atoms with van der Waals surface area (Å²) in [5.41, 5.74) is 4.42. The van der Waals surface area contributed by atoms with Crippen molar-refractivity contribution in [1.29, 1.82) is 0 Å². The molecule has 0 aliphatic carbocycles. The van der Waals surface area contributed by atoms with Crippen LogP contribution in [-0.2, 0) is 6.54 Å². The number of hydrogen-bond donors (Lipinski definition) is 1. The van der Waals surface area contributed by atoms with E-state index < -0.39 is 0 Å². The summed E-state index contributed by atoms with van der Waals surface area (Å²) in [6.45, 7) is 3.36. The van der Waals surface area contributed by atoms with Crippen LogP contribution in [0.2, 0.25) is 0 Å². The van der Waals surface area contributed by atoms with Gasteiger partial charge in [0.1, 0.15) is 5.75 Å². The standard InChI is InChI=1S/C27H26N4OS/c1-2-32-22-15-13-21(14-16-22)30-18-8-12-24(30)26-25(23-11-6-7-17-28-23)29-27(33)31(26)19-20-9-4-3-5-10-20/h3-18,25-26H,2,19H2,1H3,(H,29,33)/t25-,26-/m1/s1. The number of ether oxygens (including phenoxy) is 1. The molecule has 2 aromatic heterocycles. The topological polar surface area (TPSA) is 42.3 Å². The van der Waals surface area contributed by atoms with Crippen molar-refractivity contribution in [2.24, 2.45) is 0 Å². The molecule has 4 aromatic rings. The van der Waals surface area contributed by atoms with E-state index >= 15 is 0 Å². The van der Waals surface area contributed by atoms with Crippen molar-refractivity contribution in [3.8, 4) is 11.4 Å². The molecule has 1 fully saturated rings. The van der Waals surface area contributed by atoms with Crippen LogP contribution in [-0.4, -0.2) is 26.2 Å². The second-order valence-corrected chi connectivity index (χ2v) is 8.36. The molecule has 2 aromatic carbocycles. The van der Waals surface area contributed by atoms with Crippen LogP contribution in [0.1, 0.15) is 36.0 Å². The Morgan fingerprint density at radius 1 is 0.939 bits per heavy atom.